The molecule has 1 atom stereocenters. The highest BCUT2D eigenvalue weighted by Crippen LogP contribution is 2.41. The Bertz CT molecular complexity index is 683. The summed E-state index contributed by atoms with van der Waals surface area (Å²) in [4.78, 5) is 0. The molecule has 0 spiro atoms. The van der Waals surface area contributed by atoms with Crippen LogP contribution in [0, 0.1) is 0 Å². The minimum absolute atomic E-state index is 0.0185. The van der Waals surface area contributed by atoms with Gasteiger partial charge in [-0.2, -0.15) is 0 Å². The summed E-state index contributed by atoms with van der Waals surface area (Å²) in [5, 5.41) is 10.6. The molecule has 0 radical (unpaired) electrons. The summed E-state index contributed by atoms with van der Waals surface area (Å²) < 4.78 is 32.2. The molecule has 2 rings (SSSR count). The van der Waals surface area contributed by atoms with E-state index in [2.05, 4.69) is 0 Å². The normalized spacial score (nSPS) is 11.5. The van der Waals surface area contributed by atoms with E-state index >= 15 is 0 Å². The Morgan fingerprint density at radius 2 is 1.23 bits per heavy atom. The Balaban J connectivity index is 2.25. The Morgan fingerprint density at radius 1 is 0.731 bits per heavy atom. The summed E-state index contributed by atoms with van der Waals surface area (Å²) in [5.74, 6) is 2.82. The number of aliphatic hydroxyl groups excluding tert-OH is 1. The zero-order valence-corrected chi connectivity index (χ0v) is 15.6. The van der Waals surface area contributed by atoms with E-state index < -0.39 is 6.10 Å². The first-order valence-corrected chi connectivity index (χ1v) is 7.91. The van der Waals surface area contributed by atoms with Gasteiger partial charge in [0.15, 0.2) is 23.0 Å². The van der Waals surface area contributed by atoms with Gasteiger partial charge < -0.3 is 33.5 Å². The average molecular weight is 364 g/mol. The third-order valence-electron chi connectivity index (χ3n) is 3.84. The average Bonchev–Trinajstić information content (AvgIpc) is 2.70. The quantitative estimate of drug-likeness (QED) is 0.733. The van der Waals surface area contributed by atoms with Crippen molar-refractivity contribution in [2.45, 2.75) is 6.10 Å². The molecular formula is C19H24O7. The van der Waals surface area contributed by atoms with Crippen molar-refractivity contribution in [3.05, 3.63) is 35.9 Å². The standard InChI is InChI=1S/C19H24O7/c1-21-14-7-6-8-15(22-2)19(14)26-11-13(20)12-9-16(23-3)18(25-5)17(10-12)24-4/h6-10,13,20H,11H2,1-5H3. The molecule has 0 saturated heterocycles. The molecule has 26 heavy (non-hydrogen) atoms. The molecule has 0 amide bonds. The largest absolute Gasteiger partial charge is 0.493 e. The van der Waals surface area contributed by atoms with Crippen LogP contribution in [0.5, 0.6) is 34.5 Å². The lowest BCUT2D eigenvalue weighted by Crippen LogP contribution is -2.11. The number of hydrogen-bond donors (Lipinski definition) is 1. The summed E-state index contributed by atoms with van der Waals surface area (Å²) in [6, 6.07) is 8.65. The topological polar surface area (TPSA) is 75.6 Å². The van der Waals surface area contributed by atoms with E-state index in [9.17, 15) is 5.11 Å². The molecule has 142 valence electrons. The number of ether oxygens (including phenoxy) is 6. The fourth-order valence-corrected chi connectivity index (χ4v) is 2.51. The van der Waals surface area contributed by atoms with Crippen molar-refractivity contribution in [2.75, 3.05) is 42.2 Å². The van der Waals surface area contributed by atoms with Crippen molar-refractivity contribution in [3.8, 4) is 34.5 Å². The molecular weight excluding hydrogens is 340 g/mol. The maximum atomic E-state index is 10.6. The Labute approximate surface area is 153 Å². The Morgan fingerprint density at radius 3 is 1.65 bits per heavy atom. The van der Waals surface area contributed by atoms with Gasteiger partial charge in [-0.3, -0.25) is 0 Å². The predicted molar refractivity (Wildman–Crippen MR) is 96.1 cm³/mol. The molecule has 7 heteroatoms. The fourth-order valence-electron chi connectivity index (χ4n) is 2.51. The maximum Gasteiger partial charge on any atom is 0.203 e. The number of rotatable bonds is 9. The van der Waals surface area contributed by atoms with Crippen LogP contribution in [0.25, 0.3) is 0 Å². The number of benzene rings is 2. The zero-order chi connectivity index (χ0) is 19.1. The lowest BCUT2D eigenvalue weighted by molar-refractivity contribution is 0.104. The molecule has 0 aliphatic heterocycles. The lowest BCUT2D eigenvalue weighted by atomic mass is 10.1. The first-order valence-electron chi connectivity index (χ1n) is 7.91. The summed E-state index contributed by atoms with van der Waals surface area (Å²) >= 11 is 0. The van der Waals surface area contributed by atoms with Crippen LogP contribution in [0.3, 0.4) is 0 Å². The van der Waals surface area contributed by atoms with E-state index in [0.717, 1.165) is 0 Å². The Kier molecular flexibility index (Phi) is 6.80. The molecule has 2 aromatic rings. The Hall–Kier alpha value is -2.80. The molecule has 0 fully saturated rings. The van der Waals surface area contributed by atoms with Crippen molar-refractivity contribution >= 4 is 0 Å². The van der Waals surface area contributed by atoms with E-state index in [1.54, 1.807) is 30.3 Å². The highest BCUT2D eigenvalue weighted by Gasteiger charge is 2.19. The van der Waals surface area contributed by atoms with Crippen molar-refractivity contribution in [1.29, 1.82) is 0 Å². The maximum absolute atomic E-state index is 10.6. The molecule has 0 aromatic heterocycles. The number of hydrogen-bond acceptors (Lipinski definition) is 7. The second kappa shape index (κ2) is 9.05. The van der Waals surface area contributed by atoms with Gasteiger partial charge in [-0.05, 0) is 29.8 Å². The summed E-state index contributed by atoms with van der Waals surface area (Å²) in [7, 11) is 7.63. The molecule has 1 N–H and O–H groups in total. The van der Waals surface area contributed by atoms with E-state index in [0.29, 0.717) is 40.1 Å². The monoisotopic (exact) mass is 364 g/mol. The van der Waals surface area contributed by atoms with E-state index in [-0.39, 0.29) is 6.61 Å². The lowest BCUT2D eigenvalue weighted by Gasteiger charge is -2.19. The van der Waals surface area contributed by atoms with Crippen LogP contribution >= 0.6 is 0 Å². The number of aliphatic hydroxyl groups is 1. The van der Waals surface area contributed by atoms with Crippen molar-refractivity contribution in [3.63, 3.8) is 0 Å². The number of methoxy groups -OCH3 is 5. The van der Waals surface area contributed by atoms with E-state index in [1.807, 2.05) is 0 Å². The van der Waals surface area contributed by atoms with Crippen LogP contribution in [-0.2, 0) is 0 Å². The van der Waals surface area contributed by atoms with Crippen LogP contribution in [0.2, 0.25) is 0 Å². The minimum atomic E-state index is -0.932. The van der Waals surface area contributed by atoms with Crippen molar-refractivity contribution in [1.82, 2.24) is 0 Å². The van der Waals surface area contributed by atoms with Crippen molar-refractivity contribution < 1.29 is 33.5 Å². The van der Waals surface area contributed by atoms with Gasteiger partial charge in [-0.25, -0.2) is 0 Å². The van der Waals surface area contributed by atoms with Crippen LogP contribution in [0.15, 0.2) is 30.3 Å². The SMILES string of the molecule is COc1cc(C(O)COc2c(OC)cccc2OC)cc(OC)c1OC. The first kappa shape index (κ1) is 19.5. The predicted octanol–water partition coefficient (Wildman–Crippen LogP) is 2.84. The summed E-state index contributed by atoms with van der Waals surface area (Å²) in [6.07, 6.45) is -0.932. The van der Waals surface area contributed by atoms with Gasteiger partial charge in [0.2, 0.25) is 11.5 Å². The van der Waals surface area contributed by atoms with Crippen LogP contribution < -0.4 is 28.4 Å². The molecule has 0 bridgehead atoms. The highest BCUT2D eigenvalue weighted by atomic mass is 16.5. The smallest absolute Gasteiger partial charge is 0.203 e. The van der Waals surface area contributed by atoms with Gasteiger partial charge in [0.25, 0.3) is 0 Å². The second-order valence-electron chi connectivity index (χ2n) is 5.28. The minimum Gasteiger partial charge on any atom is -0.493 e. The van der Waals surface area contributed by atoms with E-state index in [4.69, 9.17) is 28.4 Å². The van der Waals surface area contributed by atoms with Gasteiger partial charge in [0.1, 0.15) is 12.7 Å². The summed E-state index contributed by atoms with van der Waals surface area (Å²) in [6.45, 7) is -0.0185. The van der Waals surface area contributed by atoms with Crippen molar-refractivity contribution in [2.24, 2.45) is 0 Å². The van der Waals surface area contributed by atoms with E-state index in [1.165, 1.54) is 35.5 Å². The van der Waals surface area contributed by atoms with Crippen LogP contribution in [-0.4, -0.2) is 47.3 Å². The first-order chi connectivity index (χ1) is 12.6. The highest BCUT2D eigenvalue weighted by molar-refractivity contribution is 5.54. The van der Waals surface area contributed by atoms with Gasteiger partial charge in [0, 0.05) is 0 Å². The molecule has 0 heterocycles. The molecule has 0 saturated carbocycles. The zero-order valence-electron chi connectivity index (χ0n) is 15.6. The van der Waals surface area contributed by atoms with Crippen LogP contribution in [0.4, 0.5) is 0 Å². The van der Waals surface area contributed by atoms with Crippen LogP contribution in [0.1, 0.15) is 11.7 Å². The van der Waals surface area contributed by atoms with Gasteiger partial charge >= 0.3 is 0 Å². The van der Waals surface area contributed by atoms with Gasteiger partial charge in [-0.15, -0.1) is 0 Å². The molecule has 1 unspecified atom stereocenters. The third kappa shape index (κ3) is 4.05. The molecule has 7 nitrogen and oxygen atoms in total. The van der Waals surface area contributed by atoms with Gasteiger partial charge in [-0.1, -0.05) is 6.07 Å². The summed E-state index contributed by atoms with van der Waals surface area (Å²) in [5.41, 5.74) is 0.563. The van der Waals surface area contributed by atoms with Gasteiger partial charge in [0.05, 0.1) is 35.5 Å². The molecule has 2 aromatic carbocycles. The molecule has 0 aliphatic carbocycles. The third-order valence-corrected chi connectivity index (χ3v) is 3.84. The number of para-hydroxylation sites is 1. The fraction of sp³-hybridized carbons (Fsp3) is 0.368. The second-order valence-corrected chi connectivity index (χ2v) is 5.28. The molecule has 0 aliphatic rings.